The summed E-state index contributed by atoms with van der Waals surface area (Å²) in [5.41, 5.74) is 0. The van der Waals surface area contributed by atoms with Crippen LogP contribution in [0.2, 0.25) is 5.02 Å². The molecule has 72 valence electrons. The molecule has 0 aliphatic rings. The highest BCUT2D eigenvalue weighted by Gasteiger charge is 2.13. The van der Waals surface area contributed by atoms with E-state index >= 15 is 0 Å². The fraction of sp³-hybridized carbons (Fsp3) is 0.444. The van der Waals surface area contributed by atoms with Gasteiger partial charge >= 0.3 is 0 Å². The molecule has 0 amide bonds. The molecule has 0 N–H and O–H groups in total. The van der Waals surface area contributed by atoms with Crippen molar-refractivity contribution in [1.29, 1.82) is 0 Å². The molecule has 0 atom stereocenters. The van der Waals surface area contributed by atoms with E-state index in [4.69, 9.17) is 11.6 Å². The van der Waals surface area contributed by atoms with E-state index in [2.05, 4.69) is 15.9 Å². The minimum Gasteiger partial charge on any atom is -0.293 e. The van der Waals surface area contributed by atoms with Gasteiger partial charge in [-0.2, -0.15) is 0 Å². The first-order chi connectivity index (χ1) is 6.00. The Hall–Kier alpha value is 0.140. The Labute approximate surface area is 95.2 Å². The summed E-state index contributed by atoms with van der Waals surface area (Å²) < 4.78 is 0.835. The molecule has 0 saturated heterocycles. The van der Waals surface area contributed by atoms with Crippen LogP contribution in [0.25, 0.3) is 0 Å². The molecule has 0 aromatic carbocycles. The lowest BCUT2D eigenvalue weighted by Crippen LogP contribution is -2.00. The van der Waals surface area contributed by atoms with Gasteiger partial charge in [0.25, 0.3) is 0 Å². The number of hydrogen-bond acceptors (Lipinski definition) is 2. The van der Waals surface area contributed by atoms with Gasteiger partial charge in [0.15, 0.2) is 5.78 Å². The summed E-state index contributed by atoms with van der Waals surface area (Å²) in [7, 11) is 0. The van der Waals surface area contributed by atoms with E-state index in [1.165, 1.54) is 11.3 Å². The van der Waals surface area contributed by atoms with Crippen molar-refractivity contribution in [2.45, 2.75) is 20.3 Å². The van der Waals surface area contributed by atoms with Crippen LogP contribution in [0.1, 0.15) is 29.9 Å². The predicted molar refractivity (Wildman–Crippen MR) is 60.8 cm³/mol. The van der Waals surface area contributed by atoms with Crippen LogP contribution in [-0.2, 0) is 0 Å². The quantitative estimate of drug-likeness (QED) is 0.751. The lowest BCUT2D eigenvalue weighted by Gasteiger charge is -2.00. The van der Waals surface area contributed by atoms with Crippen LogP contribution in [0.3, 0.4) is 0 Å². The Kier molecular flexibility index (Phi) is 3.95. The molecule has 1 aromatic heterocycles. The number of halogens is 2. The number of thiophene rings is 1. The van der Waals surface area contributed by atoms with Crippen molar-refractivity contribution in [3.05, 3.63) is 19.8 Å². The van der Waals surface area contributed by atoms with Crippen LogP contribution in [0.4, 0.5) is 0 Å². The highest BCUT2D eigenvalue weighted by atomic mass is 79.9. The molecule has 1 rings (SSSR count). The van der Waals surface area contributed by atoms with Gasteiger partial charge in [0.05, 0.1) is 13.7 Å². The summed E-state index contributed by atoms with van der Waals surface area (Å²) >= 11 is 10.5. The summed E-state index contributed by atoms with van der Waals surface area (Å²) in [4.78, 5) is 12.3. The average molecular weight is 282 g/mol. The molecule has 13 heavy (non-hydrogen) atoms. The van der Waals surface area contributed by atoms with Gasteiger partial charge in [-0.3, -0.25) is 4.79 Å². The van der Waals surface area contributed by atoms with E-state index in [9.17, 15) is 4.79 Å². The number of ketones is 1. The third kappa shape index (κ3) is 3.08. The number of carbonyl (C=O) groups excluding carboxylic acids is 1. The van der Waals surface area contributed by atoms with Gasteiger partial charge in [0.2, 0.25) is 0 Å². The van der Waals surface area contributed by atoms with E-state index in [0.29, 0.717) is 17.4 Å². The maximum absolute atomic E-state index is 11.6. The molecule has 0 aliphatic carbocycles. The minimum absolute atomic E-state index is 0.174. The topological polar surface area (TPSA) is 17.1 Å². The Morgan fingerprint density at radius 1 is 1.69 bits per heavy atom. The largest absolute Gasteiger partial charge is 0.293 e. The number of rotatable bonds is 3. The van der Waals surface area contributed by atoms with Gasteiger partial charge in [-0.15, -0.1) is 11.3 Å². The summed E-state index contributed by atoms with van der Waals surface area (Å²) in [5.74, 6) is 0.569. The van der Waals surface area contributed by atoms with Crippen molar-refractivity contribution in [2.75, 3.05) is 0 Å². The van der Waals surface area contributed by atoms with Crippen LogP contribution >= 0.6 is 38.9 Å². The van der Waals surface area contributed by atoms with Crippen molar-refractivity contribution in [2.24, 2.45) is 5.92 Å². The van der Waals surface area contributed by atoms with E-state index in [0.717, 1.165) is 8.66 Å². The monoisotopic (exact) mass is 280 g/mol. The maximum atomic E-state index is 11.6. The highest BCUT2D eigenvalue weighted by Crippen LogP contribution is 2.32. The molecule has 0 saturated carbocycles. The zero-order valence-corrected chi connectivity index (χ0v) is 10.6. The molecule has 4 heteroatoms. The number of Topliss-reactive ketones (excluding diaryl/α,β-unsaturated/α-hetero) is 1. The standard InChI is InChI=1S/C9H10BrClOS/c1-5(2)3-7(12)8-4-6(11)9(10)13-8/h4-5H,3H2,1-2H3. The molecular formula is C9H10BrClOS. The first-order valence-corrected chi connectivity index (χ1v) is 5.97. The van der Waals surface area contributed by atoms with Gasteiger partial charge in [-0.05, 0) is 27.9 Å². The van der Waals surface area contributed by atoms with Gasteiger partial charge in [0.1, 0.15) is 0 Å². The third-order valence-electron chi connectivity index (χ3n) is 1.51. The van der Waals surface area contributed by atoms with Gasteiger partial charge in [-0.1, -0.05) is 25.4 Å². The zero-order chi connectivity index (χ0) is 10.0. The van der Waals surface area contributed by atoms with Crippen LogP contribution < -0.4 is 0 Å². The highest BCUT2D eigenvalue weighted by molar-refractivity contribution is 9.11. The first-order valence-electron chi connectivity index (χ1n) is 3.98. The van der Waals surface area contributed by atoms with Crippen molar-refractivity contribution in [1.82, 2.24) is 0 Å². The van der Waals surface area contributed by atoms with Crippen LogP contribution in [-0.4, -0.2) is 5.78 Å². The molecule has 0 spiro atoms. The summed E-state index contributed by atoms with van der Waals surface area (Å²) in [6.45, 7) is 4.06. The molecule has 1 aromatic rings. The summed E-state index contributed by atoms with van der Waals surface area (Å²) in [6, 6.07) is 1.72. The van der Waals surface area contributed by atoms with Crippen LogP contribution in [0.15, 0.2) is 9.85 Å². The Balaban J connectivity index is 2.77. The van der Waals surface area contributed by atoms with Crippen molar-refractivity contribution in [3.8, 4) is 0 Å². The van der Waals surface area contributed by atoms with Gasteiger partial charge in [-0.25, -0.2) is 0 Å². The van der Waals surface area contributed by atoms with Gasteiger partial charge in [0, 0.05) is 6.42 Å². The second kappa shape index (κ2) is 4.58. The second-order valence-corrected chi connectivity index (χ2v) is 6.03. The van der Waals surface area contributed by atoms with Crippen molar-refractivity contribution in [3.63, 3.8) is 0 Å². The van der Waals surface area contributed by atoms with E-state index in [1.54, 1.807) is 6.07 Å². The number of hydrogen-bond donors (Lipinski definition) is 0. The normalized spacial score (nSPS) is 10.8. The Morgan fingerprint density at radius 2 is 2.31 bits per heavy atom. The van der Waals surface area contributed by atoms with E-state index in [-0.39, 0.29) is 5.78 Å². The van der Waals surface area contributed by atoms with Gasteiger partial charge < -0.3 is 0 Å². The third-order valence-corrected chi connectivity index (χ3v) is 4.03. The zero-order valence-electron chi connectivity index (χ0n) is 7.43. The first kappa shape index (κ1) is 11.2. The molecule has 0 unspecified atom stereocenters. The summed E-state index contributed by atoms with van der Waals surface area (Å²) in [6.07, 6.45) is 0.587. The molecule has 0 bridgehead atoms. The second-order valence-electron chi connectivity index (χ2n) is 3.25. The predicted octanol–water partition coefficient (Wildman–Crippen LogP) is 4.39. The SMILES string of the molecule is CC(C)CC(=O)c1cc(Cl)c(Br)s1. The lowest BCUT2D eigenvalue weighted by atomic mass is 10.1. The lowest BCUT2D eigenvalue weighted by molar-refractivity contribution is 0.0972. The van der Waals surface area contributed by atoms with E-state index < -0.39 is 0 Å². The molecule has 0 fully saturated rings. The van der Waals surface area contributed by atoms with Crippen molar-refractivity contribution < 1.29 is 4.79 Å². The molecule has 1 heterocycles. The molecular weight excluding hydrogens is 272 g/mol. The molecule has 0 aliphatic heterocycles. The minimum atomic E-state index is 0.174. The maximum Gasteiger partial charge on any atom is 0.173 e. The van der Waals surface area contributed by atoms with E-state index in [1.807, 2.05) is 13.8 Å². The Morgan fingerprint density at radius 3 is 2.69 bits per heavy atom. The molecule has 1 nitrogen and oxygen atoms in total. The smallest absolute Gasteiger partial charge is 0.173 e. The fourth-order valence-electron chi connectivity index (χ4n) is 0.955. The van der Waals surface area contributed by atoms with Crippen LogP contribution in [0, 0.1) is 5.92 Å². The summed E-state index contributed by atoms with van der Waals surface area (Å²) in [5, 5.41) is 0.622. The van der Waals surface area contributed by atoms with Crippen molar-refractivity contribution >= 4 is 44.7 Å². The van der Waals surface area contributed by atoms with Crippen LogP contribution in [0.5, 0.6) is 0 Å². The Bertz CT molecular complexity index is 300. The average Bonchev–Trinajstić information content (AvgIpc) is 2.31. The fourth-order valence-corrected chi connectivity index (χ4v) is 2.61. The number of carbonyl (C=O) groups is 1. The molecule has 0 radical (unpaired) electrons.